The van der Waals surface area contributed by atoms with Crippen molar-refractivity contribution in [1.82, 2.24) is 35.1 Å². The molecule has 3 heterocycles. The summed E-state index contributed by atoms with van der Waals surface area (Å²) in [5.41, 5.74) is 1.28. The number of carbonyl (C=O) groups excluding carboxylic acids is 3. The number of nitrogens with zero attached hydrogens (tertiary/aromatic N) is 5. The number of aromatic amines is 1. The Hall–Kier alpha value is -4.09. The normalized spacial score (nSPS) is 16.4. The largest absolute Gasteiger partial charge is 0.444 e. The molecule has 1 saturated heterocycles. The average Bonchev–Trinajstić information content (AvgIpc) is 3.59. The smallest absolute Gasteiger partial charge is 0.410 e. The Kier molecular flexibility index (Phi) is 9.90. The molecule has 240 valence electrons. The Morgan fingerprint density at radius 3 is 2.25 bits per heavy atom. The molecule has 3 aromatic rings. The average molecular weight is 610 g/mol. The van der Waals surface area contributed by atoms with Crippen molar-refractivity contribution in [2.75, 3.05) is 26.2 Å². The first kappa shape index (κ1) is 32.8. The molecule has 1 aromatic carbocycles. The Labute approximate surface area is 259 Å². The molecule has 1 fully saturated rings. The summed E-state index contributed by atoms with van der Waals surface area (Å²) in [6.07, 6.45) is 3.93. The lowest BCUT2D eigenvalue weighted by Gasteiger charge is -2.37. The molecular weight excluding hydrogens is 562 g/mol. The van der Waals surface area contributed by atoms with Crippen molar-refractivity contribution < 1.29 is 23.9 Å². The number of H-pyrrole nitrogens is 1. The van der Waals surface area contributed by atoms with Crippen LogP contribution >= 0.6 is 0 Å². The van der Waals surface area contributed by atoms with E-state index in [0.717, 1.165) is 22.9 Å². The molecular formula is C32H47N7O5. The fourth-order valence-corrected chi connectivity index (χ4v) is 5.21. The number of ether oxygens (including phenoxy) is 2. The molecule has 2 aromatic heterocycles. The van der Waals surface area contributed by atoms with Crippen LogP contribution in [-0.4, -0.2) is 85.3 Å². The fraction of sp³-hybridized carbons (Fsp3) is 0.594. The number of alkyl carbamates (subject to hydrolysis) is 1. The van der Waals surface area contributed by atoms with Crippen LogP contribution in [0.3, 0.4) is 0 Å². The second-order valence-corrected chi connectivity index (χ2v) is 13.5. The zero-order chi connectivity index (χ0) is 32.2. The van der Waals surface area contributed by atoms with Crippen LogP contribution in [0.2, 0.25) is 0 Å². The molecule has 44 heavy (non-hydrogen) atoms. The van der Waals surface area contributed by atoms with Gasteiger partial charge in [-0.3, -0.25) is 4.79 Å². The second kappa shape index (κ2) is 13.3. The molecule has 3 amide bonds. The minimum absolute atomic E-state index is 0.0383. The second-order valence-electron chi connectivity index (χ2n) is 13.5. The highest BCUT2D eigenvalue weighted by molar-refractivity contribution is 5.85. The molecule has 4 rings (SSSR count). The first-order valence-electron chi connectivity index (χ1n) is 15.4. The molecule has 2 N–H and O–H groups in total. The minimum Gasteiger partial charge on any atom is -0.444 e. The summed E-state index contributed by atoms with van der Waals surface area (Å²) in [7, 11) is 0. The lowest BCUT2D eigenvalue weighted by molar-refractivity contribution is -0.136. The van der Waals surface area contributed by atoms with Crippen molar-refractivity contribution in [2.24, 2.45) is 5.92 Å². The summed E-state index contributed by atoms with van der Waals surface area (Å²) in [5, 5.41) is 12.9. The third kappa shape index (κ3) is 8.29. The molecule has 12 nitrogen and oxygen atoms in total. The SMILES string of the molecule is CCC(C)[C@H](NC(=O)OC(C)(C)C)c1cn([C@@H](Cc2c[nH]c3ccccc23)C(=O)N2CCN(C(=O)OC(C)(C)C)CC2)nn1. The van der Waals surface area contributed by atoms with Gasteiger partial charge in [-0.15, -0.1) is 5.10 Å². The zero-order valence-electron chi connectivity index (χ0n) is 27.2. The maximum atomic E-state index is 14.2. The van der Waals surface area contributed by atoms with Gasteiger partial charge in [0.15, 0.2) is 0 Å². The van der Waals surface area contributed by atoms with Gasteiger partial charge in [0.2, 0.25) is 5.91 Å². The van der Waals surface area contributed by atoms with E-state index in [1.807, 2.05) is 85.9 Å². The number of para-hydroxylation sites is 1. The van der Waals surface area contributed by atoms with E-state index < -0.39 is 29.4 Å². The van der Waals surface area contributed by atoms with E-state index >= 15 is 0 Å². The van der Waals surface area contributed by atoms with Gasteiger partial charge in [-0.1, -0.05) is 43.7 Å². The first-order valence-corrected chi connectivity index (χ1v) is 15.4. The predicted molar refractivity (Wildman–Crippen MR) is 167 cm³/mol. The molecule has 12 heteroatoms. The number of carbonyl (C=O) groups is 3. The quantitative estimate of drug-likeness (QED) is 0.357. The highest BCUT2D eigenvalue weighted by Crippen LogP contribution is 2.28. The first-order chi connectivity index (χ1) is 20.6. The number of fused-ring (bicyclic) bond motifs is 1. The van der Waals surface area contributed by atoms with Crippen molar-refractivity contribution in [1.29, 1.82) is 0 Å². The zero-order valence-corrected chi connectivity index (χ0v) is 27.2. The Balaban J connectivity index is 1.59. The van der Waals surface area contributed by atoms with E-state index in [4.69, 9.17) is 9.47 Å². The fourth-order valence-electron chi connectivity index (χ4n) is 5.21. The van der Waals surface area contributed by atoms with E-state index in [1.54, 1.807) is 20.7 Å². The Bertz CT molecular complexity index is 1440. The third-order valence-electron chi connectivity index (χ3n) is 7.67. The summed E-state index contributed by atoms with van der Waals surface area (Å²) in [4.78, 5) is 46.2. The lowest BCUT2D eigenvalue weighted by Crippen LogP contribution is -2.53. The van der Waals surface area contributed by atoms with Gasteiger partial charge in [0.05, 0.1) is 12.2 Å². The van der Waals surface area contributed by atoms with Crippen LogP contribution in [-0.2, 0) is 20.7 Å². The Morgan fingerprint density at radius 1 is 0.977 bits per heavy atom. The van der Waals surface area contributed by atoms with Gasteiger partial charge in [-0.25, -0.2) is 14.3 Å². The number of aromatic nitrogens is 4. The van der Waals surface area contributed by atoms with Gasteiger partial charge in [0, 0.05) is 49.7 Å². The molecule has 1 unspecified atom stereocenters. The monoisotopic (exact) mass is 609 g/mol. The van der Waals surface area contributed by atoms with Crippen molar-refractivity contribution in [3.05, 3.63) is 47.9 Å². The summed E-state index contributed by atoms with van der Waals surface area (Å²) in [6.45, 7) is 16.5. The third-order valence-corrected chi connectivity index (χ3v) is 7.67. The maximum absolute atomic E-state index is 14.2. The van der Waals surface area contributed by atoms with Crippen molar-refractivity contribution in [3.8, 4) is 0 Å². The molecule has 0 spiro atoms. The molecule has 0 bridgehead atoms. The van der Waals surface area contributed by atoms with Crippen LogP contribution in [0, 0.1) is 5.92 Å². The topological polar surface area (TPSA) is 135 Å². The van der Waals surface area contributed by atoms with Gasteiger partial charge >= 0.3 is 12.2 Å². The van der Waals surface area contributed by atoms with Crippen molar-refractivity contribution >= 4 is 29.0 Å². The van der Waals surface area contributed by atoms with Crippen LogP contribution in [0.4, 0.5) is 9.59 Å². The Morgan fingerprint density at radius 2 is 1.61 bits per heavy atom. The molecule has 0 aliphatic carbocycles. The lowest BCUT2D eigenvalue weighted by atomic mass is 9.97. The number of benzene rings is 1. The number of nitrogens with one attached hydrogen (secondary N) is 2. The van der Waals surface area contributed by atoms with Crippen molar-refractivity contribution in [2.45, 2.75) is 91.5 Å². The highest BCUT2D eigenvalue weighted by Gasteiger charge is 2.34. The summed E-state index contributed by atoms with van der Waals surface area (Å²) >= 11 is 0. The van der Waals surface area contributed by atoms with E-state index in [2.05, 4.69) is 20.6 Å². The number of rotatable bonds is 8. The molecule has 1 aliphatic rings. The number of hydrogen-bond acceptors (Lipinski definition) is 7. The van der Waals surface area contributed by atoms with E-state index in [1.165, 1.54) is 0 Å². The maximum Gasteiger partial charge on any atom is 0.410 e. The molecule has 3 atom stereocenters. The van der Waals surface area contributed by atoms with Crippen LogP contribution in [0.15, 0.2) is 36.7 Å². The van der Waals surface area contributed by atoms with Gasteiger partial charge in [-0.2, -0.15) is 0 Å². The van der Waals surface area contributed by atoms with E-state index in [-0.39, 0.29) is 17.9 Å². The van der Waals surface area contributed by atoms with Crippen LogP contribution in [0.1, 0.15) is 85.2 Å². The molecule has 0 radical (unpaired) electrons. The van der Waals surface area contributed by atoms with E-state index in [9.17, 15) is 14.4 Å². The summed E-state index contributed by atoms with van der Waals surface area (Å²) < 4.78 is 12.6. The number of hydrogen-bond donors (Lipinski definition) is 2. The van der Waals surface area contributed by atoms with Gasteiger partial charge in [0.25, 0.3) is 0 Å². The standard InChI is InChI=1S/C32H47N7O5/c1-9-21(2)27(34-29(41)43-31(3,4)5)25-20-39(36-35-25)26(18-22-19-33-24-13-11-10-12-23(22)24)28(40)37-14-16-38(17-15-37)30(42)44-32(6,7)8/h10-13,19-21,26-27,33H,9,14-18H2,1-8H3,(H,34,41)/t21?,26-,27-/m0/s1. The van der Waals surface area contributed by atoms with E-state index in [0.29, 0.717) is 38.3 Å². The van der Waals surface area contributed by atoms with Gasteiger partial charge < -0.3 is 29.6 Å². The van der Waals surface area contributed by atoms with Gasteiger partial charge in [-0.05, 0) is 59.1 Å². The number of piperazine rings is 1. The number of amides is 3. The minimum atomic E-state index is -0.692. The predicted octanol–water partition coefficient (Wildman–Crippen LogP) is 5.23. The summed E-state index contributed by atoms with van der Waals surface area (Å²) in [6, 6.07) is 6.81. The molecule has 0 saturated carbocycles. The van der Waals surface area contributed by atoms with Crippen molar-refractivity contribution in [3.63, 3.8) is 0 Å². The van der Waals surface area contributed by atoms with Crippen LogP contribution < -0.4 is 5.32 Å². The molecule has 1 aliphatic heterocycles. The van der Waals surface area contributed by atoms with Gasteiger partial charge in [0.1, 0.15) is 22.9 Å². The van der Waals surface area contributed by atoms with Crippen LogP contribution in [0.25, 0.3) is 10.9 Å². The summed E-state index contributed by atoms with van der Waals surface area (Å²) in [5.74, 6) is -0.0767. The van der Waals surface area contributed by atoms with Crippen LogP contribution in [0.5, 0.6) is 0 Å². The highest BCUT2D eigenvalue weighted by atomic mass is 16.6.